The highest BCUT2D eigenvalue weighted by molar-refractivity contribution is 9.10. The highest BCUT2D eigenvalue weighted by atomic mass is 79.9. The Hall–Kier alpha value is -3.46. The fourth-order valence-corrected chi connectivity index (χ4v) is 3.99. The van der Waals surface area contributed by atoms with Crippen LogP contribution in [-0.4, -0.2) is 35.7 Å². The second-order valence-electron chi connectivity index (χ2n) is 8.00. The summed E-state index contributed by atoms with van der Waals surface area (Å²) in [6, 6.07) is 11.0. The van der Waals surface area contributed by atoms with Gasteiger partial charge in [0.1, 0.15) is 11.9 Å². The van der Waals surface area contributed by atoms with Crippen LogP contribution in [-0.2, 0) is 4.79 Å². The minimum absolute atomic E-state index is 0.0719. The molecule has 1 aliphatic carbocycles. The van der Waals surface area contributed by atoms with E-state index in [0.29, 0.717) is 17.8 Å². The molecule has 3 N–H and O–H groups in total. The zero-order chi connectivity index (χ0) is 23.9. The van der Waals surface area contributed by atoms with Gasteiger partial charge in [-0.3, -0.25) is 9.80 Å². The number of benzene rings is 2. The summed E-state index contributed by atoms with van der Waals surface area (Å²) in [7, 11) is 0. The first kappa shape index (κ1) is 23.7. The molecule has 9 heteroatoms. The third kappa shape index (κ3) is 6.32. The number of carbonyl (C=O) groups is 2. The lowest BCUT2D eigenvalue weighted by molar-refractivity contribution is -0.122. The standard InChI is InChI=1S/C25H25BrFN5O2/c26-17-7-9-19(10-8-17)29-25(34)30-23(21-5-1-2-6-22(21)27)24(33)28-18-11-13-20(14-12-18)31-32-15-3-4-16-32/h1-2,5-13,23H,3-4,14-16H2,(H,28,33)(H2,29,30,34). The van der Waals surface area contributed by atoms with Crippen molar-refractivity contribution in [3.63, 3.8) is 0 Å². The maximum atomic E-state index is 14.5. The lowest BCUT2D eigenvalue weighted by Gasteiger charge is -2.21. The van der Waals surface area contributed by atoms with Gasteiger partial charge in [0.2, 0.25) is 0 Å². The largest absolute Gasteiger partial charge is 0.324 e. The SMILES string of the molecule is O=C(Nc1ccc(Br)cc1)NC(C(=O)NC1=CCC(=NN2CCCC2)C=C1)c1ccccc1F. The molecule has 0 saturated carbocycles. The molecule has 1 unspecified atom stereocenters. The van der Waals surface area contributed by atoms with Crippen molar-refractivity contribution in [3.8, 4) is 0 Å². The summed E-state index contributed by atoms with van der Waals surface area (Å²) in [6.45, 7) is 1.92. The van der Waals surface area contributed by atoms with Crippen LogP contribution in [0.2, 0.25) is 0 Å². The smallest absolute Gasteiger partial charge is 0.320 e. The van der Waals surface area contributed by atoms with Gasteiger partial charge in [-0.2, -0.15) is 5.10 Å². The Balaban J connectivity index is 1.44. The molecule has 1 saturated heterocycles. The van der Waals surface area contributed by atoms with Crippen LogP contribution in [0.4, 0.5) is 14.9 Å². The second kappa shape index (κ2) is 11.1. The molecule has 4 rings (SSSR count). The average molecular weight is 526 g/mol. The summed E-state index contributed by atoms with van der Waals surface area (Å²) in [5.74, 6) is -1.13. The summed E-state index contributed by atoms with van der Waals surface area (Å²) in [6.07, 6.45) is 8.35. The molecule has 2 aliphatic rings. The van der Waals surface area contributed by atoms with Gasteiger partial charge < -0.3 is 16.0 Å². The van der Waals surface area contributed by atoms with E-state index in [1.807, 2.05) is 12.2 Å². The first-order valence-corrected chi connectivity index (χ1v) is 11.9. The molecule has 2 aromatic rings. The van der Waals surface area contributed by atoms with Crippen LogP contribution in [0.3, 0.4) is 0 Å². The summed E-state index contributed by atoms with van der Waals surface area (Å²) >= 11 is 3.34. The molecular formula is C25H25BrFN5O2. The van der Waals surface area contributed by atoms with Crippen LogP contribution < -0.4 is 16.0 Å². The molecule has 0 aromatic heterocycles. The van der Waals surface area contributed by atoms with E-state index in [9.17, 15) is 14.0 Å². The first-order chi connectivity index (χ1) is 16.5. The van der Waals surface area contributed by atoms with Crippen molar-refractivity contribution in [2.45, 2.75) is 25.3 Å². The zero-order valence-corrected chi connectivity index (χ0v) is 20.0. The predicted molar refractivity (Wildman–Crippen MR) is 134 cm³/mol. The van der Waals surface area contributed by atoms with Gasteiger partial charge in [0.15, 0.2) is 0 Å². The Morgan fingerprint density at radius 1 is 1.00 bits per heavy atom. The quantitative estimate of drug-likeness (QED) is 0.503. The minimum Gasteiger partial charge on any atom is -0.324 e. The number of hydrogen-bond acceptors (Lipinski definition) is 4. The van der Waals surface area contributed by atoms with Crippen LogP contribution >= 0.6 is 15.9 Å². The van der Waals surface area contributed by atoms with E-state index < -0.39 is 23.8 Å². The van der Waals surface area contributed by atoms with Crippen molar-refractivity contribution in [2.24, 2.45) is 5.10 Å². The van der Waals surface area contributed by atoms with Gasteiger partial charge in [0.25, 0.3) is 5.91 Å². The molecule has 7 nitrogen and oxygen atoms in total. The third-order valence-electron chi connectivity index (χ3n) is 5.46. The first-order valence-electron chi connectivity index (χ1n) is 11.1. The molecule has 1 fully saturated rings. The van der Waals surface area contributed by atoms with Gasteiger partial charge >= 0.3 is 6.03 Å². The Labute approximate surface area is 205 Å². The summed E-state index contributed by atoms with van der Waals surface area (Å²) < 4.78 is 15.4. The monoisotopic (exact) mass is 525 g/mol. The van der Waals surface area contributed by atoms with Crippen molar-refractivity contribution in [2.75, 3.05) is 18.4 Å². The minimum atomic E-state index is -1.23. The summed E-state index contributed by atoms with van der Waals surface area (Å²) in [5.41, 5.74) is 2.10. The van der Waals surface area contributed by atoms with E-state index in [1.165, 1.54) is 18.2 Å². The topological polar surface area (TPSA) is 85.8 Å². The van der Waals surface area contributed by atoms with Crippen LogP contribution in [0.25, 0.3) is 0 Å². The van der Waals surface area contributed by atoms with E-state index in [1.54, 1.807) is 36.4 Å². The van der Waals surface area contributed by atoms with Gasteiger partial charge in [-0.25, -0.2) is 9.18 Å². The molecule has 0 radical (unpaired) electrons. The zero-order valence-electron chi connectivity index (χ0n) is 18.4. The maximum absolute atomic E-state index is 14.5. The molecule has 1 heterocycles. The van der Waals surface area contributed by atoms with Crippen LogP contribution in [0.15, 0.2) is 82.0 Å². The number of allylic oxidation sites excluding steroid dienone is 3. The highest BCUT2D eigenvalue weighted by Crippen LogP contribution is 2.20. The van der Waals surface area contributed by atoms with E-state index in [4.69, 9.17) is 0 Å². The molecule has 1 aliphatic heterocycles. The number of anilines is 1. The number of nitrogens with zero attached hydrogens (tertiary/aromatic N) is 2. The molecule has 176 valence electrons. The van der Waals surface area contributed by atoms with Crippen LogP contribution in [0.1, 0.15) is 30.9 Å². The van der Waals surface area contributed by atoms with Crippen molar-refractivity contribution in [1.82, 2.24) is 15.6 Å². The Morgan fingerprint density at radius 3 is 2.41 bits per heavy atom. The van der Waals surface area contributed by atoms with Gasteiger partial charge in [-0.05, 0) is 55.3 Å². The fraction of sp³-hybridized carbons (Fsp3) is 0.240. The number of hydrazone groups is 1. The van der Waals surface area contributed by atoms with Crippen molar-refractivity contribution < 1.29 is 14.0 Å². The molecule has 2 aromatic carbocycles. The number of halogens is 2. The van der Waals surface area contributed by atoms with Crippen molar-refractivity contribution in [3.05, 3.63) is 88.3 Å². The van der Waals surface area contributed by atoms with Gasteiger partial charge in [0, 0.05) is 40.9 Å². The lowest BCUT2D eigenvalue weighted by atomic mass is 10.0. The third-order valence-corrected chi connectivity index (χ3v) is 5.99. The normalized spacial score (nSPS) is 17.3. The molecule has 0 spiro atoms. The summed E-state index contributed by atoms with van der Waals surface area (Å²) in [5, 5.41) is 14.7. The highest BCUT2D eigenvalue weighted by Gasteiger charge is 2.26. The van der Waals surface area contributed by atoms with E-state index in [0.717, 1.165) is 36.1 Å². The van der Waals surface area contributed by atoms with E-state index >= 15 is 0 Å². The van der Waals surface area contributed by atoms with E-state index in [-0.39, 0.29) is 5.56 Å². The van der Waals surface area contributed by atoms with Gasteiger partial charge in [-0.15, -0.1) is 0 Å². The number of urea groups is 1. The fourth-order valence-electron chi connectivity index (χ4n) is 3.73. The Morgan fingerprint density at radius 2 is 1.74 bits per heavy atom. The maximum Gasteiger partial charge on any atom is 0.320 e. The number of carbonyl (C=O) groups excluding carboxylic acids is 2. The molecule has 0 bridgehead atoms. The van der Waals surface area contributed by atoms with Crippen LogP contribution in [0.5, 0.6) is 0 Å². The van der Waals surface area contributed by atoms with Crippen molar-refractivity contribution in [1.29, 1.82) is 0 Å². The average Bonchev–Trinajstić information content (AvgIpc) is 3.34. The number of rotatable bonds is 6. The number of hydrogen-bond donors (Lipinski definition) is 3. The number of amides is 3. The summed E-state index contributed by atoms with van der Waals surface area (Å²) in [4.78, 5) is 25.7. The Bertz CT molecular complexity index is 1140. The van der Waals surface area contributed by atoms with Crippen LogP contribution in [0, 0.1) is 5.82 Å². The van der Waals surface area contributed by atoms with Crippen molar-refractivity contribution >= 4 is 39.3 Å². The predicted octanol–water partition coefficient (Wildman–Crippen LogP) is 4.86. The molecule has 1 atom stereocenters. The molecule has 34 heavy (non-hydrogen) atoms. The molecular weight excluding hydrogens is 501 g/mol. The van der Waals surface area contributed by atoms with Gasteiger partial charge in [-0.1, -0.05) is 40.2 Å². The molecule has 3 amide bonds. The number of nitrogens with one attached hydrogen (secondary N) is 3. The Kier molecular flexibility index (Phi) is 7.74. The van der Waals surface area contributed by atoms with Gasteiger partial charge in [0.05, 0.1) is 5.71 Å². The van der Waals surface area contributed by atoms with E-state index in [2.05, 4.69) is 42.0 Å². The lowest BCUT2D eigenvalue weighted by Crippen LogP contribution is -2.42. The second-order valence-corrected chi connectivity index (χ2v) is 8.91.